The topological polar surface area (TPSA) is 113 Å². The zero-order valence-electron chi connectivity index (χ0n) is 22.5. The third kappa shape index (κ3) is 6.31. The molecule has 0 aliphatic carbocycles. The summed E-state index contributed by atoms with van der Waals surface area (Å²) < 4.78 is 24.3. The first kappa shape index (κ1) is 28.1. The average Bonchev–Trinajstić information content (AvgIpc) is 3.22. The molecule has 1 aliphatic heterocycles. The molecule has 2 N–H and O–H groups in total. The minimum absolute atomic E-state index is 0.107. The van der Waals surface area contributed by atoms with Crippen LogP contribution in [0.25, 0.3) is 22.8 Å². The van der Waals surface area contributed by atoms with E-state index in [-0.39, 0.29) is 29.8 Å². The fourth-order valence-corrected chi connectivity index (χ4v) is 4.64. The lowest BCUT2D eigenvalue weighted by molar-refractivity contribution is -0.140. The second-order valence-electron chi connectivity index (χ2n) is 9.74. The SMILES string of the molecule is Cc1ccc(-c2ccc3c(c2)N(Cc2ccc(F)cc2)C(=O)/C3=C/c2ccc(OCC(=O)O)cc2OCC(=O)O)cc1. The Morgan fingerprint density at radius 3 is 2.19 bits per heavy atom. The predicted octanol–water partition coefficient (Wildman–Crippen LogP) is 5.82. The number of aryl methyl sites for hydroxylation is 1. The van der Waals surface area contributed by atoms with Crippen molar-refractivity contribution in [2.75, 3.05) is 18.1 Å². The van der Waals surface area contributed by atoms with Crippen LogP contribution in [0.3, 0.4) is 0 Å². The van der Waals surface area contributed by atoms with Crippen LogP contribution in [0.1, 0.15) is 22.3 Å². The predicted molar refractivity (Wildman–Crippen MR) is 155 cm³/mol. The van der Waals surface area contributed by atoms with Gasteiger partial charge in [0.15, 0.2) is 13.2 Å². The van der Waals surface area contributed by atoms with Gasteiger partial charge in [0.05, 0.1) is 12.2 Å². The molecule has 0 unspecified atom stereocenters. The maximum atomic E-state index is 13.9. The van der Waals surface area contributed by atoms with Gasteiger partial charge in [-0.1, -0.05) is 54.1 Å². The monoisotopic (exact) mass is 567 g/mol. The molecule has 212 valence electrons. The molecule has 0 spiro atoms. The van der Waals surface area contributed by atoms with Crippen molar-refractivity contribution in [1.29, 1.82) is 0 Å². The van der Waals surface area contributed by atoms with Crippen molar-refractivity contribution < 1.29 is 38.5 Å². The number of carbonyl (C=O) groups is 3. The van der Waals surface area contributed by atoms with Crippen molar-refractivity contribution in [3.8, 4) is 22.6 Å². The lowest BCUT2D eigenvalue weighted by atomic mass is 9.98. The van der Waals surface area contributed by atoms with Crippen LogP contribution in [0, 0.1) is 12.7 Å². The number of rotatable bonds is 10. The number of anilines is 1. The van der Waals surface area contributed by atoms with Crippen molar-refractivity contribution >= 4 is 35.2 Å². The molecule has 1 amide bonds. The van der Waals surface area contributed by atoms with Gasteiger partial charge in [-0.3, -0.25) is 4.79 Å². The molecular formula is C33H26FNO7. The van der Waals surface area contributed by atoms with Crippen LogP contribution in [0.2, 0.25) is 0 Å². The Hall–Kier alpha value is -5.44. The fourth-order valence-electron chi connectivity index (χ4n) is 4.64. The number of hydrogen-bond donors (Lipinski definition) is 2. The smallest absolute Gasteiger partial charge is 0.341 e. The quantitative estimate of drug-likeness (QED) is 0.232. The number of amides is 1. The molecular weight excluding hydrogens is 541 g/mol. The van der Waals surface area contributed by atoms with Gasteiger partial charge in [-0.05, 0) is 60.0 Å². The normalized spacial score (nSPS) is 13.2. The number of benzene rings is 4. The van der Waals surface area contributed by atoms with Crippen molar-refractivity contribution in [1.82, 2.24) is 0 Å². The van der Waals surface area contributed by atoms with E-state index in [1.807, 2.05) is 49.4 Å². The molecule has 4 aromatic rings. The van der Waals surface area contributed by atoms with E-state index in [1.165, 1.54) is 24.3 Å². The van der Waals surface area contributed by atoms with E-state index < -0.39 is 25.2 Å². The zero-order valence-corrected chi connectivity index (χ0v) is 22.5. The van der Waals surface area contributed by atoms with Crippen LogP contribution in [0.15, 0.2) is 84.9 Å². The maximum Gasteiger partial charge on any atom is 0.341 e. The van der Waals surface area contributed by atoms with Crippen LogP contribution in [-0.4, -0.2) is 41.3 Å². The Kier molecular flexibility index (Phi) is 8.01. The molecule has 8 nitrogen and oxygen atoms in total. The summed E-state index contributed by atoms with van der Waals surface area (Å²) in [5.41, 5.74) is 5.84. The molecule has 4 aromatic carbocycles. The Balaban J connectivity index is 1.58. The standard InChI is InChI=1S/C33H26FNO7/c1-20-2-6-22(7-3-20)23-9-13-27-28(33(40)35(29(27)15-23)17-21-4-10-25(34)11-5-21)14-24-8-12-26(41-18-31(36)37)16-30(24)42-19-32(38)39/h2-16H,17-19H2,1H3,(H,36,37)(H,38,39)/b28-14+. The van der Waals surface area contributed by atoms with Gasteiger partial charge in [-0.15, -0.1) is 0 Å². The lowest BCUT2D eigenvalue weighted by Crippen LogP contribution is -2.25. The van der Waals surface area contributed by atoms with Gasteiger partial charge < -0.3 is 24.6 Å². The van der Waals surface area contributed by atoms with Gasteiger partial charge in [0.25, 0.3) is 5.91 Å². The fraction of sp³-hybridized carbons (Fsp3) is 0.121. The summed E-state index contributed by atoms with van der Waals surface area (Å²) in [6.07, 6.45) is 1.61. The van der Waals surface area contributed by atoms with E-state index in [1.54, 1.807) is 29.2 Å². The van der Waals surface area contributed by atoms with Gasteiger partial charge in [0.1, 0.15) is 17.3 Å². The van der Waals surface area contributed by atoms with Gasteiger partial charge in [0, 0.05) is 22.8 Å². The van der Waals surface area contributed by atoms with Crippen LogP contribution in [0.4, 0.5) is 10.1 Å². The minimum atomic E-state index is -1.21. The third-order valence-electron chi connectivity index (χ3n) is 6.69. The van der Waals surface area contributed by atoms with E-state index in [9.17, 15) is 18.8 Å². The van der Waals surface area contributed by atoms with Crippen molar-refractivity contribution in [3.05, 3.63) is 113 Å². The summed E-state index contributed by atoms with van der Waals surface area (Å²) in [4.78, 5) is 37.7. The molecule has 0 saturated heterocycles. The Bertz CT molecular complexity index is 1690. The van der Waals surface area contributed by atoms with Crippen LogP contribution < -0.4 is 14.4 Å². The molecule has 0 saturated carbocycles. The summed E-state index contributed by atoms with van der Waals surface area (Å²) in [5.74, 6) is -2.78. The highest BCUT2D eigenvalue weighted by Gasteiger charge is 2.33. The van der Waals surface area contributed by atoms with E-state index in [2.05, 4.69) is 0 Å². The van der Waals surface area contributed by atoms with Gasteiger partial charge in [0.2, 0.25) is 0 Å². The van der Waals surface area contributed by atoms with Gasteiger partial charge >= 0.3 is 11.9 Å². The van der Waals surface area contributed by atoms with Crippen LogP contribution in [0.5, 0.6) is 11.5 Å². The molecule has 0 radical (unpaired) electrons. The summed E-state index contributed by atoms with van der Waals surface area (Å²) in [5, 5.41) is 18.1. The second-order valence-corrected chi connectivity index (χ2v) is 9.74. The number of carboxylic acid groups (broad SMARTS) is 2. The van der Waals surface area contributed by atoms with E-state index >= 15 is 0 Å². The molecule has 0 bridgehead atoms. The first-order chi connectivity index (χ1) is 20.2. The zero-order chi connectivity index (χ0) is 29.8. The van der Waals surface area contributed by atoms with Crippen LogP contribution in [-0.2, 0) is 20.9 Å². The van der Waals surface area contributed by atoms with Crippen molar-refractivity contribution in [2.45, 2.75) is 13.5 Å². The number of carboxylic acids is 2. The molecule has 9 heteroatoms. The van der Waals surface area contributed by atoms with E-state index in [0.717, 1.165) is 22.3 Å². The highest BCUT2D eigenvalue weighted by molar-refractivity contribution is 6.36. The average molecular weight is 568 g/mol. The van der Waals surface area contributed by atoms with Crippen molar-refractivity contribution in [2.24, 2.45) is 0 Å². The number of hydrogen-bond acceptors (Lipinski definition) is 5. The third-order valence-corrected chi connectivity index (χ3v) is 6.69. The summed E-state index contributed by atoms with van der Waals surface area (Å²) in [6, 6.07) is 24.2. The summed E-state index contributed by atoms with van der Waals surface area (Å²) in [7, 11) is 0. The number of carbonyl (C=O) groups excluding carboxylic acids is 1. The van der Waals surface area contributed by atoms with Crippen LogP contribution >= 0.6 is 0 Å². The first-order valence-electron chi connectivity index (χ1n) is 13.0. The molecule has 42 heavy (non-hydrogen) atoms. The number of nitrogens with zero attached hydrogens (tertiary/aromatic N) is 1. The second kappa shape index (κ2) is 12.0. The molecule has 5 rings (SSSR count). The highest BCUT2D eigenvalue weighted by Crippen LogP contribution is 2.42. The molecule has 1 heterocycles. The first-order valence-corrected chi connectivity index (χ1v) is 13.0. The molecule has 0 atom stereocenters. The largest absolute Gasteiger partial charge is 0.482 e. The van der Waals surface area contributed by atoms with Crippen molar-refractivity contribution in [3.63, 3.8) is 0 Å². The highest BCUT2D eigenvalue weighted by atomic mass is 19.1. The molecule has 1 aliphatic rings. The Morgan fingerprint density at radius 2 is 1.50 bits per heavy atom. The number of ether oxygens (including phenoxy) is 2. The lowest BCUT2D eigenvalue weighted by Gasteiger charge is -2.18. The molecule has 0 aromatic heterocycles. The van der Waals surface area contributed by atoms with E-state index in [0.29, 0.717) is 22.4 Å². The number of halogens is 1. The Morgan fingerprint density at radius 1 is 0.833 bits per heavy atom. The van der Waals surface area contributed by atoms with Gasteiger partial charge in [-0.2, -0.15) is 0 Å². The van der Waals surface area contributed by atoms with E-state index in [4.69, 9.17) is 19.7 Å². The maximum absolute atomic E-state index is 13.9. The summed E-state index contributed by atoms with van der Waals surface area (Å²) >= 11 is 0. The number of aliphatic carboxylic acids is 2. The van der Waals surface area contributed by atoms with Gasteiger partial charge in [-0.25, -0.2) is 14.0 Å². The Labute approximate surface area is 240 Å². The molecule has 0 fully saturated rings. The summed E-state index contributed by atoms with van der Waals surface area (Å²) in [6.45, 7) is 0.961. The number of fused-ring (bicyclic) bond motifs is 1. The minimum Gasteiger partial charge on any atom is -0.482 e.